The smallest absolute Gasteiger partial charge is 0.337 e. The first-order valence-electron chi connectivity index (χ1n) is 8.37. The molecule has 0 saturated carbocycles. The zero-order valence-electron chi connectivity index (χ0n) is 13.8. The molecule has 2 aromatic heterocycles. The number of benzene rings is 1. The minimum atomic E-state index is -4.35. The molecule has 3 heterocycles. The summed E-state index contributed by atoms with van der Waals surface area (Å²) in [4.78, 5) is 18.6. The molecule has 26 heavy (non-hydrogen) atoms. The van der Waals surface area contributed by atoms with Crippen LogP contribution in [0.4, 0.5) is 13.2 Å². The quantitative estimate of drug-likeness (QED) is 0.686. The lowest BCUT2D eigenvalue weighted by Crippen LogP contribution is -2.27. The fourth-order valence-corrected chi connectivity index (χ4v) is 3.20. The van der Waals surface area contributed by atoms with Crippen molar-refractivity contribution in [2.24, 2.45) is 0 Å². The van der Waals surface area contributed by atoms with E-state index in [1.165, 1.54) is 12.1 Å². The molecule has 1 fully saturated rings. The first-order chi connectivity index (χ1) is 12.4. The van der Waals surface area contributed by atoms with Gasteiger partial charge in [-0.25, -0.2) is 4.98 Å². The van der Waals surface area contributed by atoms with Crippen molar-refractivity contribution in [1.82, 2.24) is 14.3 Å². The van der Waals surface area contributed by atoms with Gasteiger partial charge in [0, 0.05) is 25.5 Å². The number of pyridine rings is 1. The molecule has 4 rings (SSSR count). The Bertz CT molecular complexity index is 954. The van der Waals surface area contributed by atoms with Crippen LogP contribution in [0.2, 0.25) is 0 Å². The van der Waals surface area contributed by atoms with Crippen LogP contribution in [0.25, 0.3) is 16.8 Å². The van der Waals surface area contributed by atoms with Gasteiger partial charge in [0.15, 0.2) is 0 Å². The van der Waals surface area contributed by atoms with E-state index in [-0.39, 0.29) is 5.91 Å². The molecule has 3 aromatic rings. The summed E-state index contributed by atoms with van der Waals surface area (Å²) in [6.07, 6.45) is 1.11. The summed E-state index contributed by atoms with van der Waals surface area (Å²) >= 11 is 0. The van der Waals surface area contributed by atoms with E-state index >= 15 is 0 Å². The molecular weight excluding hydrogens is 343 g/mol. The third-order valence-corrected chi connectivity index (χ3v) is 4.61. The van der Waals surface area contributed by atoms with Crippen LogP contribution < -0.4 is 0 Å². The van der Waals surface area contributed by atoms with E-state index in [0.717, 1.165) is 43.6 Å². The molecule has 7 heteroatoms. The summed E-state index contributed by atoms with van der Waals surface area (Å²) in [5.74, 6) is -0.0812. The average molecular weight is 359 g/mol. The van der Waals surface area contributed by atoms with Gasteiger partial charge in [-0.15, -0.1) is 0 Å². The number of imidazole rings is 1. The lowest BCUT2D eigenvalue weighted by molar-refractivity contribution is -0.137. The fraction of sp³-hybridized carbons (Fsp3) is 0.263. The van der Waals surface area contributed by atoms with Gasteiger partial charge in [0.1, 0.15) is 11.3 Å². The van der Waals surface area contributed by atoms with Gasteiger partial charge in [0.25, 0.3) is 5.91 Å². The number of hydrogen-bond donors (Lipinski definition) is 0. The van der Waals surface area contributed by atoms with Gasteiger partial charge < -0.3 is 9.30 Å². The monoisotopic (exact) mass is 359 g/mol. The maximum atomic E-state index is 12.7. The van der Waals surface area contributed by atoms with Gasteiger partial charge in [0.2, 0.25) is 0 Å². The van der Waals surface area contributed by atoms with Crippen molar-refractivity contribution in [2.75, 3.05) is 13.1 Å². The summed E-state index contributed by atoms with van der Waals surface area (Å²) in [5.41, 5.74) is 1.76. The molecule has 0 aliphatic carbocycles. The minimum Gasteiger partial charge on any atom is -0.337 e. The van der Waals surface area contributed by atoms with Crippen LogP contribution in [0, 0.1) is 0 Å². The lowest BCUT2D eigenvalue weighted by Gasteiger charge is -2.12. The number of halogens is 3. The zero-order valence-corrected chi connectivity index (χ0v) is 13.8. The molecule has 4 nitrogen and oxygen atoms in total. The Labute approximate surface area is 147 Å². The number of nitrogens with zero attached hydrogens (tertiary/aromatic N) is 3. The van der Waals surface area contributed by atoms with Crippen LogP contribution in [0.3, 0.4) is 0 Å². The van der Waals surface area contributed by atoms with Gasteiger partial charge in [-0.05, 0) is 48.2 Å². The molecule has 0 bridgehead atoms. The van der Waals surface area contributed by atoms with Gasteiger partial charge in [0.05, 0.1) is 5.56 Å². The second-order valence-electron chi connectivity index (χ2n) is 6.38. The Balaban J connectivity index is 1.64. The first kappa shape index (κ1) is 16.6. The predicted molar refractivity (Wildman–Crippen MR) is 90.8 cm³/mol. The van der Waals surface area contributed by atoms with Crippen molar-refractivity contribution in [1.29, 1.82) is 0 Å². The Morgan fingerprint density at radius 3 is 2.23 bits per heavy atom. The molecule has 0 N–H and O–H groups in total. The molecule has 1 saturated heterocycles. The number of amides is 1. The molecule has 1 amide bonds. The molecule has 1 aliphatic heterocycles. The van der Waals surface area contributed by atoms with Crippen molar-refractivity contribution < 1.29 is 18.0 Å². The second kappa shape index (κ2) is 6.16. The molecule has 0 unspecified atom stereocenters. The predicted octanol–water partition coefficient (Wildman–Crippen LogP) is 4.26. The second-order valence-corrected chi connectivity index (χ2v) is 6.38. The number of fused-ring (bicyclic) bond motifs is 1. The van der Waals surface area contributed by atoms with Crippen LogP contribution in [-0.2, 0) is 6.18 Å². The number of hydrogen-bond acceptors (Lipinski definition) is 2. The highest BCUT2D eigenvalue weighted by Crippen LogP contribution is 2.31. The standard InChI is InChI=1S/C19H16F3N3O/c20-19(21,22)15-6-3-13(4-7-15)14-5-8-17-23-16(12-25(17)11-14)18(26)24-9-1-2-10-24/h3-8,11-12H,1-2,9-10H2. The van der Waals surface area contributed by atoms with E-state index in [2.05, 4.69) is 4.98 Å². The Hall–Kier alpha value is -2.83. The maximum Gasteiger partial charge on any atom is 0.416 e. The van der Waals surface area contributed by atoms with Gasteiger partial charge in [-0.2, -0.15) is 13.2 Å². The van der Waals surface area contributed by atoms with Crippen molar-refractivity contribution in [3.05, 3.63) is 60.0 Å². The summed E-state index contributed by atoms with van der Waals surface area (Å²) in [6.45, 7) is 1.51. The average Bonchev–Trinajstić information content (AvgIpc) is 3.29. The highest BCUT2D eigenvalue weighted by atomic mass is 19.4. The van der Waals surface area contributed by atoms with E-state index in [9.17, 15) is 18.0 Å². The number of alkyl halides is 3. The summed E-state index contributed by atoms with van der Waals surface area (Å²) in [6, 6.07) is 8.56. The summed E-state index contributed by atoms with van der Waals surface area (Å²) < 4.78 is 39.8. The molecule has 1 aromatic carbocycles. The number of rotatable bonds is 2. The van der Waals surface area contributed by atoms with Crippen molar-refractivity contribution in [3.8, 4) is 11.1 Å². The van der Waals surface area contributed by atoms with E-state index in [0.29, 0.717) is 16.9 Å². The van der Waals surface area contributed by atoms with Crippen LogP contribution in [0.1, 0.15) is 28.9 Å². The summed E-state index contributed by atoms with van der Waals surface area (Å²) in [5, 5.41) is 0. The van der Waals surface area contributed by atoms with Crippen molar-refractivity contribution in [2.45, 2.75) is 19.0 Å². The van der Waals surface area contributed by atoms with Gasteiger partial charge in [-0.1, -0.05) is 12.1 Å². The molecule has 0 atom stereocenters. The maximum absolute atomic E-state index is 12.7. The van der Waals surface area contributed by atoms with Crippen molar-refractivity contribution in [3.63, 3.8) is 0 Å². The molecule has 1 aliphatic rings. The van der Waals surface area contributed by atoms with Gasteiger partial charge in [-0.3, -0.25) is 4.79 Å². The van der Waals surface area contributed by atoms with E-state index in [1.807, 2.05) is 0 Å². The highest BCUT2D eigenvalue weighted by molar-refractivity contribution is 5.93. The zero-order chi connectivity index (χ0) is 18.3. The van der Waals surface area contributed by atoms with Crippen molar-refractivity contribution >= 4 is 11.6 Å². The molecule has 0 spiro atoms. The van der Waals surface area contributed by atoms with Crippen LogP contribution in [0.5, 0.6) is 0 Å². The normalized spacial score (nSPS) is 15.0. The van der Waals surface area contributed by atoms with Gasteiger partial charge >= 0.3 is 6.18 Å². The number of carbonyl (C=O) groups is 1. The number of likely N-dealkylation sites (tertiary alicyclic amines) is 1. The fourth-order valence-electron chi connectivity index (χ4n) is 3.20. The lowest BCUT2D eigenvalue weighted by atomic mass is 10.1. The van der Waals surface area contributed by atoms with Crippen LogP contribution in [0.15, 0.2) is 48.8 Å². The SMILES string of the molecule is O=C(c1cn2cc(-c3ccc(C(F)(F)F)cc3)ccc2n1)N1CCCC1. The molecule has 134 valence electrons. The highest BCUT2D eigenvalue weighted by Gasteiger charge is 2.30. The number of carbonyl (C=O) groups excluding carboxylic acids is 1. The van der Waals surface area contributed by atoms with Crippen LogP contribution in [-0.4, -0.2) is 33.3 Å². The molecular formula is C19H16F3N3O. The Morgan fingerprint density at radius 2 is 1.58 bits per heavy atom. The first-order valence-corrected chi connectivity index (χ1v) is 8.37. The largest absolute Gasteiger partial charge is 0.416 e. The molecule has 0 radical (unpaired) electrons. The summed E-state index contributed by atoms with van der Waals surface area (Å²) in [7, 11) is 0. The third kappa shape index (κ3) is 3.05. The third-order valence-electron chi connectivity index (χ3n) is 4.61. The van der Waals surface area contributed by atoms with E-state index in [1.54, 1.807) is 33.8 Å². The van der Waals surface area contributed by atoms with E-state index in [4.69, 9.17) is 0 Å². The Morgan fingerprint density at radius 1 is 0.923 bits per heavy atom. The van der Waals surface area contributed by atoms with E-state index < -0.39 is 11.7 Å². The Kier molecular flexibility index (Phi) is 3.94. The number of aromatic nitrogens is 2. The topological polar surface area (TPSA) is 37.6 Å². The van der Waals surface area contributed by atoms with Crippen LogP contribution >= 0.6 is 0 Å². The minimum absolute atomic E-state index is 0.0812.